The van der Waals surface area contributed by atoms with Crippen LogP contribution in [-0.4, -0.2) is 41.1 Å². The van der Waals surface area contributed by atoms with Crippen molar-refractivity contribution in [2.75, 3.05) is 26.2 Å². The maximum absolute atomic E-state index is 5.46. The van der Waals surface area contributed by atoms with Gasteiger partial charge < -0.3 is 9.64 Å². The number of hydrogen-bond donors (Lipinski definition) is 0. The summed E-state index contributed by atoms with van der Waals surface area (Å²) in [6, 6.07) is 0. The molecule has 3 aliphatic heterocycles. The van der Waals surface area contributed by atoms with E-state index in [1.807, 2.05) is 6.20 Å². The minimum Gasteiger partial charge on any atom is -0.472 e. The second-order valence-corrected chi connectivity index (χ2v) is 5.13. The van der Waals surface area contributed by atoms with E-state index in [1.54, 1.807) is 12.3 Å². The lowest BCUT2D eigenvalue weighted by molar-refractivity contribution is 0.0850. The van der Waals surface area contributed by atoms with Gasteiger partial charge in [-0.2, -0.15) is 0 Å². The molecule has 0 aliphatic carbocycles. The number of ether oxygens (including phenoxy) is 1. The molecule has 4 nitrogen and oxygen atoms in total. The van der Waals surface area contributed by atoms with Crippen molar-refractivity contribution in [3.8, 4) is 5.88 Å². The topological polar surface area (TPSA) is 38.2 Å². The Bertz CT molecular complexity index is 427. The fourth-order valence-electron chi connectivity index (χ4n) is 3.06. The predicted octanol–water partition coefficient (Wildman–Crippen LogP) is 1.85. The van der Waals surface area contributed by atoms with Crippen LogP contribution in [0.4, 0.5) is 0 Å². The fraction of sp³-hybridized carbons (Fsp3) is 0.571. The van der Waals surface area contributed by atoms with E-state index in [4.69, 9.17) is 4.74 Å². The molecule has 4 heteroatoms. The van der Waals surface area contributed by atoms with E-state index in [-0.39, 0.29) is 0 Å². The molecule has 3 saturated heterocycles. The number of piperidine rings is 3. The van der Waals surface area contributed by atoms with Gasteiger partial charge in [-0.05, 0) is 31.8 Å². The molecule has 18 heavy (non-hydrogen) atoms. The van der Waals surface area contributed by atoms with Crippen LogP contribution in [-0.2, 0) is 0 Å². The molecule has 96 valence electrons. The van der Waals surface area contributed by atoms with Crippen molar-refractivity contribution in [3.63, 3.8) is 0 Å². The van der Waals surface area contributed by atoms with Crippen molar-refractivity contribution >= 4 is 0 Å². The summed E-state index contributed by atoms with van der Waals surface area (Å²) < 4.78 is 5.46. The van der Waals surface area contributed by atoms with Crippen LogP contribution in [0.15, 0.2) is 25.0 Å². The predicted molar refractivity (Wildman–Crippen MR) is 69.6 cm³/mol. The summed E-state index contributed by atoms with van der Waals surface area (Å²) in [5.41, 5.74) is 1.09. The van der Waals surface area contributed by atoms with Crippen molar-refractivity contribution in [3.05, 3.63) is 30.7 Å². The van der Waals surface area contributed by atoms with Crippen LogP contribution in [0, 0.1) is 5.92 Å². The molecule has 2 bridgehead atoms. The Morgan fingerprint density at radius 1 is 1.39 bits per heavy atom. The Labute approximate surface area is 108 Å². The zero-order valence-electron chi connectivity index (χ0n) is 10.6. The third-order valence-electron chi connectivity index (χ3n) is 4.02. The highest BCUT2D eigenvalue weighted by Gasteiger charge is 2.35. The molecule has 0 N–H and O–H groups in total. The number of nitrogens with zero attached hydrogens (tertiary/aromatic N) is 3. The number of fused-ring (bicyclic) bond motifs is 3. The average molecular weight is 245 g/mol. The van der Waals surface area contributed by atoms with E-state index in [1.165, 1.54) is 25.9 Å². The first-order chi connectivity index (χ1) is 8.86. The Balaban J connectivity index is 1.77. The Morgan fingerprint density at radius 2 is 2.22 bits per heavy atom. The zero-order chi connectivity index (χ0) is 12.4. The highest BCUT2D eigenvalue weighted by Crippen LogP contribution is 2.38. The van der Waals surface area contributed by atoms with Crippen LogP contribution in [0.3, 0.4) is 0 Å². The summed E-state index contributed by atoms with van der Waals surface area (Å²) >= 11 is 0. The Kier molecular flexibility index (Phi) is 3.28. The van der Waals surface area contributed by atoms with Crippen LogP contribution < -0.4 is 4.74 Å². The average Bonchev–Trinajstić information content (AvgIpc) is 2.46. The molecule has 4 rings (SSSR count). The summed E-state index contributed by atoms with van der Waals surface area (Å²) in [6.45, 7) is 7.76. The molecule has 1 atom stereocenters. The third kappa shape index (κ3) is 2.25. The molecule has 1 unspecified atom stereocenters. The highest BCUT2D eigenvalue weighted by atomic mass is 16.5. The van der Waals surface area contributed by atoms with Crippen molar-refractivity contribution in [2.24, 2.45) is 5.92 Å². The van der Waals surface area contributed by atoms with Crippen molar-refractivity contribution in [1.82, 2.24) is 14.9 Å². The smallest absolute Gasteiger partial charge is 0.232 e. The van der Waals surface area contributed by atoms with E-state index in [0.717, 1.165) is 18.2 Å². The molecule has 1 aromatic heterocycles. The molecule has 3 fully saturated rings. The molecule has 3 aliphatic rings. The van der Waals surface area contributed by atoms with Crippen LogP contribution in [0.2, 0.25) is 0 Å². The fourth-order valence-corrected chi connectivity index (χ4v) is 3.06. The molecular weight excluding hydrogens is 226 g/mol. The van der Waals surface area contributed by atoms with E-state index in [0.29, 0.717) is 18.4 Å². The summed E-state index contributed by atoms with van der Waals surface area (Å²) in [5, 5.41) is 0. The lowest BCUT2D eigenvalue weighted by atomic mass is 9.77. The van der Waals surface area contributed by atoms with Gasteiger partial charge >= 0.3 is 0 Å². The normalized spacial score (nSPS) is 30.1. The van der Waals surface area contributed by atoms with Gasteiger partial charge in [0.15, 0.2) is 0 Å². The molecule has 0 spiro atoms. The summed E-state index contributed by atoms with van der Waals surface area (Å²) in [6.07, 6.45) is 7.89. The second kappa shape index (κ2) is 5.06. The minimum absolute atomic E-state index is 0.484. The molecular formula is C14H19N3O. The van der Waals surface area contributed by atoms with Crippen molar-refractivity contribution < 1.29 is 4.74 Å². The SMILES string of the molecule is C=CCOc1cncc(C2CN3CCC2CC3)n1. The number of hydrogen-bond acceptors (Lipinski definition) is 4. The quantitative estimate of drug-likeness (QED) is 0.759. The number of aromatic nitrogens is 2. The summed E-state index contributed by atoms with van der Waals surface area (Å²) in [5.74, 6) is 1.93. The molecule has 0 saturated carbocycles. The largest absolute Gasteiger partial charge is 0.472 e. The zero-order valence-corrected chi connectivity index (χ0v) is 10.6. The van der Waals surface area contributed by atoms with E-state index >= 15 is 0 Å². The van der Waals surface area contributed by atoms with Gasteiger partial charge in [-0.1, -0.05) is 12.7 Å². The maximum Gasteiger partial charge on any atom is 0.232 e. The van der Waals surface area contributed by atoms with Gasteiger partial charge in [0.25, 0.3) is 0 Å². The lowest BCUT2D eigenvalue weighted by Gasteiger charge is -2.44. The van der Waals surface area contributed by atoms with Gasteiger partial charge in [0.05, 0.1) is 11.9 Å². The first kappa shape index (κ1) is 11.7. The van der Waals surface area contributed by atoms with Crippen LogP contribution in [0.5, 0.6) is 5.88 Å². The molecule has 0 aromatic carbocycles. The van der Waals surface area contributed by atoms with E-state index < -0.39 is 0 Å². The monoisotopic (exact) mass is 245 g/mol. The molecule has 4 heterocycles. The summed E-state index contributed by atoms with van der Waals surface area (Å²) in [7, 11) is 0. The van der Waals surface area contributed by atoms with E-state index in [9.17, 15) is 0 Å². The van der Waals surface area contributed by atoms with Crippen LogP contribution >= 0.6 is 0 Å². The first-order valence-corrected chi connectivity index (χ1v) is 6.65. The molecule has 1 aromatic rings. The van der Waals surface area contributed by atoms with E-state index in [2.05, 4.69) is 21.4 Å². The standard InChI is InChI=1S/C14H19N3O/c1-2-7-18-14-9-15-8-13(16-14)12-10-17-5-3-11(12)4-6-17/h2,8-9,11-12H,1,3-7,10H2. The van der Waals surface area contributed by atoms with Gasteiger partial charge in [-0.15, -0.1) is 0 Å². The van der Waals surface area contributed by atoms with Crippen molar-refractivity contribution in [2.45, 2.75) is 18.8 Å². The first-order valence-electron chi connectivity index (χ1n) is 6.65. The van der Waals surface area contributed by atoms with Gasteiger partial charge in [-0.25, -0.2) is 4.98 Å². The van der Waals surface area contributed by atoms with Crippen molar-refractivity contribution in [1.29, 1.82) is 0 Å². The van der Waals surface area contributed by atoms with Crippen LogP contribution in [0.25, 0.3) is 0 Å². The van der Waals surface area contributed by atoms with Gasteiger partial charge in [0, 0.05) is 18.7 Å². The third-order valence-corrected chi connectivity index (χ3v) is 4.02. The van der Waals surface area contributed by atoms with Gasteiger partial charge in [0.2, 0.25) is 5.88 Å². The van der Waals surface area contributed by atoms with Crippen LogP contribution in [0.1, 0.15) is 24.5 Å². The second-order valence-electron chi connectivity index (χ2n) is 5.13. The summed E-state index contributed by atoms with van der Waals surface area (Å²) in [4.78, 5) is 11.4. The van der Waals surface area contributed by atoms with Gasteiger partial charge in [-0.3, -0.25) is 4.98 Å². The minimum atomic E-state index is 0.484. The molecule has 0 amide bonds. The lowest BCUT2D eigenvalue weighted by Crippen LogP contribution is -2.46. The maximum atomic E-state index is 5.46. The number of rotatable bonds is 4. The Hall–Kier alpha value is -1.42. The Morgan fingerprint density at radius 3 is 2.89 bits per heavy atom. The van der Waals surface area contributed by atoms with Gasteiger partial charge in [0.1, 0.15) is 6.61 Å². The molecule has 0 radical (unpaired) electrons. The highest BCUT2D eigenvalue weighted by molar-refractivity contribution is 5.15.